The van der Waals surface area contributed by atoms with Gasteiger partial charge in [0, 0.05) is 39.9 Å². The van der Waals surface area contributed by atoms with Crippen LogP contribution in [0.15, 0.2) is 58.5 Å². The molecule has 13 heteroatoms. The van der Waals surface area contributed by atoms with Crippen molar-refractivity contribution in [3.8, 4) is 5.69 Å². The predicted molar refractivity (Wildman–Crippen MR) is 147 cm³/mol. The van der Waals surface area contributed by atoms with Crippen LogP contribution >= 0.6 is 15.9 Å². The maximum Gasteiger partial charge on any atom is 0.417 e. The van der Waals surface area contributed by atoms with E-state index in [0.29, 0.717) is 28.4 Å². The molecule has 1 aliphatic heterocycles. The van der Waals surface area contributed by atoms with Crippen LogP contribution in [0.4, 0.5) is 19.1 Å². The molecular weight excluding hydrogens is 591 g/mol. The minimum Gasteiger partial charge on any atom is -0.349 e. The van der Waals surface area contributed by atoms with E-state index in [2.05, 4.69) is 38.0 Å². The van der Waals surface area contributed by atoms with Gasteiger partial charge in [-0.05, 0) is 51.5 Å². The lowest BCUT2D eigenvalue weighted by atomic mass is 9.98. The maximum absolute atomic E-state index is 13.9. The summed E-state index contributed by atoms with van der Waals surface area (Å²) in [4.78, 5) is 33.5. The van der Waals surface area contributed by atoms with Crippen molar-refractivity contribution in [3.05, 3.63) is 92.2 Å². The van der Waals surface area contributed by atoms with E-state index >= 15 is 0 Å². The van der Waals surface area contributed by atoms with E-state index in [1.807, 2.05) is 13.8 Å². The van der Waals surface area contributed by atoms with Crippen molar-refractivity contribution in [3.63, 3.8) is 0 Å². The normalized spacial score (nSPS) is 16.1. The van der Waals surface area contributed by atoms with Gasteiger partial charge in [0.1, 0.15) is 5.82 Å². The van der Waals surface area contributed by atoms with Gasteiger partial charge >= 0.3 is 6.18 Å². The van der Waals surface area contributed by atoms with Crippen molar-refractivity contribution in [1.29, 1.82) is 0 Å². The van der Waals surface area contributed by atoms with Gasteiger partial charge in [0.2, 0.25) is 5.95 Å². The highest BCUT2D eigenvalue weighted by Crippen LogP contribution is 2.36. The third kappa shape index (κ3) is 4.89. The van der Waals surface area contributed by atoms with E-state index in [0.717, 1.165) is 6.07 Å². The number of aromatic nitrogens is 5. The molecule has 0 unspecified atom stereocenters. The first kappa shape index (κ1) is 27.6. The number of carbonyl (C=O) groups excluding carboxylic acids is 1. The zero-order valence-corrected chi connectivity index (χ0v) is 23.4. The molecule has 1 N–H and O–H groups in total. The molecule has 4 aromatic rings. The van der Waals surface area contributed by atoms with Crippen molar-refractivity contribution < 1.29 is 18.0 Å². The Morgan fingerprint density at radius 3 is 2.70 bits per heavy atom. The number of hydrogen-bond acceptors (Lipinski definition) is 6. The van der Waals surface area contributed by atoms with Crippen LogP contribution in [0.25, 0.3) is 11.3 Å². The maximum atomic E-state index is 13.9. The average Bonchev–Trinajstić information content (AvgIpc) is 3.28. The van der Waals surface area contributed by atoms with Crippen LogP contribution in [0, 0.1) is 6.92 Å². The summed E-state index contributed by atoms with van der Waals surface area (Å²) in [5, 5.41) is 11.4. The number of fused-ring (bicyclic) bond motifs is 2. The number of halogens is 4. The van der Waals surface area contributed by atoms with Crippen molar-refractivity contribution in [1.82, 2.24) is 29.0 Å². The summed E-state index contributed by atoms with van der Waals surface area (Å²) in [5.74, 6) is 0.355. The molecule has 1 aromatic carbocycles. The van der Waals surface area contributed by atoms with Gasteiger partial charge in [0.15, 0.2) is 5.65 Å². The predicted octanol–water partition coefficient (Wildman–Crippen LogP) is 4.94. The van der Waals surface area contributed by atoms with Crippen LogP contribution in [0.3, 0.4) is 0 Å². The number of alkyl halides is 3. The highest BCUT2D eigenvalue weighted by molar-refractivity contribution is 9.10. The van der Waals surface area contributed by atoms with E-state index in [4.69, 9.17) is 4.98 Å². The summed E-state index contributed by atoms with van der Waals surface area (Å²) in [7, 11) is 0. The third-order valence-electron chi connectivity index (χ3n) is 6.93. The van der Waals surface area contributed by atoms with Gasteiger partial charge in [-0.15, -0.1) is 16.8 Å². The van der Waals surface area contributed by atoms with Crippen LogP contribution in [0.2, 0.25) is 0 Å². The number of benzene rings is 1. The molecule has 0 bridgehead atoms. The standard InChI is InChI=1S/C27H25BrF3N7O2/c1-5-14(2)32-26-33-22-13-37(24(39)17-6-7-21(28)20(11-17)27(29,30)31)15(3)10-19(22)25(40)38(26)18-8-9-36-16(4)34-35-23(36)12-18/h5-9,11-12,14-15H,1,10,13H2,2-4H3,(H,32,33)/t14-,15+/m0/s1. The lowest BCUT2D eigenvalue weighted by Crippen LogP contribution is -2.46. The molecule has 9 nitrogen and oxygen atoms in total. The SMILES string of the molecule is C=C[C@H](C)Nc1nc2c(c(=O)n1-c1ccn3c(C)nnc3c1)C[C@@H](C)N(C(=O)c1ccc(Br)c(C(F)(F)F)c1)C2. The molecule has 5 rings (SSSR count). The average molecular weight is 616 g/mol. The zero-order valence-electron chi connectivity index (χ0n) is 21.8. The molecule has 1 aliphatic rings. The Labute approximate surface area is 235 Å². The topological polar surface area (TPSA) is 97.4 Å². The van der Waals surface area contributed by atoms with E-state index in [-0.39, 0.29) is 40.6 Å². The van der Waals surface area contributed by atoms with Crippen molar-refractivity contribution in [2.75, 3.05) is 5.32 Å². The van der Waals surface area contributed by atoms with E-state index in [1.54, 1.807) is 35.7 Å². The second-order valence-corrected chi connectivity index (χ2v) is 10.6. The molecule has 208 valence electrons. The van der Waals surface area contributed by atoms with Crippen LogP contribution in [0.1, 0.15) is 46.9 Å². The molecule has 1 amide bonds. The highest BCUT2D eigenvalue weighted by atomic mass is 79.9. The summed E-state index contributed by atoms with van der Waals surface area (Å²) in [6, 6.07) is 6.16. The Balaban J connectivity index is 1.58. The minimum absolute atomic E-state index is 0.0393. The smallest absolute Gasteiger partial charge is 0.349 e. The number of nitrogens with one attached hydrogen (secondary N) is 1. The lowest BCUT2D eigenvalue weighted by Gasteiger charge is -2.35. The number of hydrogen-bond donors (Lipinski definition) is 1. The molecule has 0 saturated heterocycles. The first-order valence-corrected chi connectivity index (χ1v) is 13.2. The molecule has 0 spiro atoms. The van der Waals surface area contributed by atoms with Crippen molar-refractivity contribution in [2.45, 2.75) is 52.0 Å². The summed E-state index contributed by atoms with van der Waals surface area (Å²) in [5.41, 5.74) is 0.534. The number of carbonyl (C=O) groups is 1. The number of amides is 1. The second-order valence-electron chi connectivity index (χ2n) is 9.71. The Hall–Kier alpha value is -4.00. The first-order valence-electron chi connectivity index (χ1n) is 12.4. The lowest BCUT2D eigenvalue weighted by molar-refractivity contribution is -0.138. The molecule has 0 radical (unpaired) electrons. The molecule has 4 heterocycles. The monoisotopic (exact) mass is 615 g/mol. The number of pyridine rings is 1. The highest BCUT2D eigenvalue weighted by Gasteiger charge is 2.36. The Bertz CT molecular complexity index is 1710. The van der Waals surface area contributed by atoms with Gasteiger partial charge in [-0.1, -0.05) is 22.0 Å². The van der Waals surface area contributed by atoms with Gasteiger partial charge < -0.3 is 10.2 Å². The molecule has 2 atom stereocenters. The molecule has 0 saturated carbocycles. The van der Waals surface area contributed by atoms with Crippen molar-refractivity contribution in [2.24, 2.45) is 0 Å². The van der Waals surface area contributed by atoms with Gasteiger partial charge in [-0.25, -0.2) is 9.55 Å². The van der Waals surface area contributed by atoms with Gasteiger partial charge in [0.25, 0.3) is 11.5 Å². The molecular formula is C27H25BrF3N7O2. The van der Waals surface area contributed by atoms with Crippen LogP contribution in [-0.2, 0) is 19.1 Å². The fraction of sp³-hybridized carbons (Fsp3) is 0.296. The summed E-state index contributed by atoms with van der Waals surface area (Å²) < 4.78 is 43.5. The number of aryl methyl sites for hydroxylation is 1. The Kier molecular flexibility index (Phi) is 7.02. The van der Waals surface area contributed by atoms with Gasteiger partial charge in [-0.2, -0.15) is 13.2 Å². The largest absolute Gasteiger partial charge is 0.417 e. The summed E-state index contributed by atoms with van der Waals surface area (Å²) >= 11 is 2.91. The molecule has 3 aromatic heterocycles. The first-order chi connectivity index (χ1) is 18.9. The van der Waals surface area contributed by atoms with Crippen molar-refractivity contribution >= 4 is 33.4 Å². The van der Waals surface area contributed by atoms with Crippen LogP contribution in [0.5, 0.6) is 0 Å². The van der Waals surface area contributed by atoms with Gasteiger partial charge in [-0.3, -0.25) is 14.0 Å². The summed E-state index contributed by atoms with van der Waals surface area (Å²) in [6.07, 6.45) is -1.02. The molecule has 0 aliphatic carbocycles. The second kappa shape index (κ2) is 10.2. The number of nitrogens with zero attached hydrogens (tertiary/aromatic N) is 6. The van der Waals surface area contributed by atoms with E-state index < -0.39 is 23.7 Å². The van der Waals surface area contributed by atoms with Crippen LogP contribution in [-0.4, -0.2) is 47.0 Å². The number of anilines is 1. The zero-order chi connectivity index (χ0) is 28.9. The Morgan fingerprint density at radius 2 is 2.00 bits per heavy atom. The summed E-state index contributed by atoms with van der Waals surface area (Å²) in [6.45, 7) is 9.16. The van der Waals surface area contributed by atoms with E-state index in [1.165, 1.54) is 21.6 Å². The van der Waals surface area contributed by atoms with E-state index in [9.17, 15) is 22.8 Å². The molecule has 0 fully saturated rings. The fourth-order valence-electron chi connectivity index (χ4n) is 4.71. The minimum atomic E-state index is -4.63. The fourth-order valence-corrected chi connectivity index (χ4v) is 5.18. The van der Waals surface area contributed by atoms with Crippen LogP contribution < -0.4 is 10.9 Å². The molecule has 40 heavy (non-hydrogen) atoms. The Morgan fingerprint density at radius 1 is 1.25 bits per heavy atom. The van der Waals surface area contributed by atoms with Gasteiger partial charge in [0.05, 0.1) is 23.5 Å². The quantitative estimate of drug-likeness (QED) is 0.320. The third-order valence-corrected chi connectivity index (χ3v) is 7.62. The number of rotatable bonds is 5.